The van der Waals surface area contributed by atoms with Crippen molar-refractivity contribution >= 4 is 29.3 Å². The molecule has 0 aliphatic rings. The maximum atomic E-state index is 13.2. The lowest BCUT2D eigenvalue weighted by atomic mass is 10.1. The number of amides is 2. The lowest BCUT2D eigenvalue weighted by Crippen LogP contribution is -2.27. The van der Waals surface area contributed by atoms with Crippen molar-refractivity contribution in [1.29, 1.82) is 0 Å². The third-order valence-electron chi connectivity index (χ3n) is 5.34. The highest BCUT2D eigenvalue weighted by Gasteiger charge is 2.18. The molecule has 0 radical (unpaired) electrons. The smallest absolute Gasteiger partial charge is 0.251 e. The molecule has 4 aromatic rings. The fourth-order valence-corrected chi connectivity index (χ4v) is 4.20. The van der Waals surface area contributed by atoms with E-state index in [-0.39, 0.29) is 29.4 Å². The van der Waals surface area contributed by atoms with Crippen LogP contribution >= 0.6 is 11.8 Å². The second-order valence-corrected chi connectivity index (χ2v) is 8.85. The number of carbonyl (C=O) groups is 2. The van der Waals surface area contributed by atoms with Crippen molar-refractivity contribution in [3.05, 3.63) is 83.7 Å². The molecule has 2 aromatic heterocycles. The fourth-order valence-electron chi connectivity index (χ4n) is 3.52. The fraction of sp³-hybridized carbons (Fsp3) is 0.208. The molecule has 1 unspecified atom stereocenters. The molecule has 180 valence electrons. The van der Waals surface area contributed by atoms with Crippen molar-refractivity contribution in [1.82, 2.24) is 29.9 Å². The van der Waals surface area contributed by atoms with Crippen LogP contribution in [0.15, 0.2) is 66.2 Å². The molecular formula is C24H24FN7O2S. The van der Waals surface area contributed by atoms with E-state index < -0.39 is 0 Å². The SMILES string of the molecule is Cc1c(C(C)NC(=O)c2cccc(NC(=O)CSc3nncn3C)c2)cnn1-c1ccc(F)cc1. The average molecular weight is 494 g/mol. The minimum atomic E-state index is -0.322. The van der Waals surface area contributed by atoms with Gasteiger partial charge in [0.15, 0.2) is 5.16 Å². The van der Waals surface area contributed by atoms with Gasteiger partial charge in [0.1, 0.15) is 12.1 Å². The van der Waals surface area contributed by atoms with Gasteiger partial charge in [0.25, 0.3) is 5.91 Å². The summed E-state index contributed by atoms with van der Waals surface area (Å²) in [6.07, 6.45) is 3.26. The molecule has 0 aliphatic carbocycles. The van der Waals surface area contributed by atoms with Crippen LogP contribution in [-0.2, 0) is 11.8 Å². The van der Waals surface area contributed by atoms with E-state index in [1.54, 1.807) is 65.2 Å². The molecule has 2 heterocycles. The molecular weight excluding hydrogens is 469 g/mol. The Bertz CT molecular complexity index is 1350. The van der Waals surface area contributed by atoms with E-state index >= 15 is 0 Å². The number of aryl methyl sites for hydroxylation is 1. The Labute approximate surface area is 205 Å². The average Bonchev–Trinajstić information content (AvgIpc) is 3.43. The standard InChI is InChI=1S/C24H24FN7O2S/c1-15(21-12-27-32(16(21)2)20-9-7-18(25)8-10-20)28-23(34)17-5-4-6-19(11-17)29-22(33)13-35-24-30-26-14-31(24)3/h4-12,14-15H,13H2,1-3H3,(H,28,34)(H,29,33). The first kappa shape index (κ1) is 24.1. The first-order valence-corrected chi connectivity index (χ1v) is 11.8. The number of hydrogen-bond donors (Lipinski definition) is 2. The van der Waals surface area contributed by atoms with E-state index in [1.807, 2.05) is 13.8 Å². The number of benzene rings is 2. The molecule has 4 rings (SSSR count). The van der Waals surface area contributed by atoms with Crippen LogP contribution in [0, 0.1) is 12.7 Å². The molecule has 0 aliphatic heterocycles. The molecule has 0 bridgehead atoms. The van der Waals surface area contributed by atoms with E-state index in [0.717, 1.165) is 16.9 Å². The first-order valence-electron chi connectivity index (χ1n) is 10.8. The van der Waals surface area contributed by atoms with Crippen molar-refractivity contribution in [2.75, 3.05) is 11.1 Å². The molecule has 0 saturated heterocycles. The number of nitrogens with one attached hydrogen (secondary N) is 2. The van der Waals surface area contributed by atoms with Crippen molar-refractivity contribution in [3.63, 3.8) is 0 Å². The summed E-state index contributed by atoms with van der Waals surface area (Å²) in [6, 6.07) is 12.5. The number of carbonyl (C=O) groups excluding carboxylic acids is 2. The molecule has 2 amide bonds. The Morgan fingerprint density at radius 3 is 2.66 bits per heavy atom. The highest BCUT2D eigenvalue weighted by molar-refractivity contribution is 7.99. The van der Waals surface area contributed by atoms with Gasteiger partial charge in [-0.2, -0.15) is 5.10 Å². The predicted octanol–water partition coefficient (Wildman–Crippen LogP) is 3.67. The van der Waals surface area contributed by atoms with Crippen LogP contribution in [-0.4, -0.2) is 42.1 Å². The van der Waals surface area contributed by atoms with Gasteiger partial charge in [0.2, 0.25) is 5.91 Å². The lowest BCUT2D eigenvalue weighted by molar-refractivity contribution is -0.113. The highest BCUT2D eigenvalue weighted by Crippen LogP contribution is 2.21. The maximum absolute atomic E-state index is 13.2. The molecule has 1 atom stereocenters. The summed E-state index contributed by atoms with van der Waals surface area (Å²) in [5.74, 6) is -0.650. The predicted molar refractivity (Wildman–Crippen MR) is 131 cm³/mol. The quantitative estimate of drug-likeness (QED) is 0.363. The van der Waals surface area contributed by atoms with E-state index in [9.17, 15) is 14.0 Å². The van der Waals surface area contributed by atoms with Crippen LogP contribution in [0.2, 0.25) is 0 Å². The minimum Gasteiger partial charge on any atom is -0.345 e. The van der Waals surface area contributed by atoms with Crippen LogP contribution in [0.25, 0.3) is 5.69 Å². The largest absolute Gasteiger partial charge is 0.345 e. The van der Waals surface area contributed by atoms with Gasteiger partial charge >= 0.3 is 0 Å². The summed E-state index contributed by atoms with van der Waals surface area (Å²) in [4.78, 5) is 25.2. The zero-order valence-corrected chi connectivity index (χ0v) is 20.2. The van der Waals surface area contributed by atoms with Crippen molar-refractivity contribution in [2.45, 2.75) is 25.0 Å². The van der Waals surface area contributed by atoms with Gasteiger partial charge in [-0.25, -0.2) is 9.07 Å². The number of anilines is 1. The van der Waals surface area contributed by atoms with Gasteiger partial charge in [-0.3, -0.25) is 9.59 Å². The lowest BCUT2D eigenvalue weighted by Gasteiger charge is -2.15. The van der Waals surface area contributed by atoms with Gasteiger partial charge in [0.05, 0.1) is 23.7 Å². The molecule has 0 fully saturated rings. The van der Waals surface area contributed by atoms with E-state index in [4.69, 9.17) is 0 Å². The van der Waals surface area contributed by atoms with Crippen LogP contribution in [0.5, 0.6) is 0 Å². The Kier molecular flexibility index (Phi) is 7.25. The summed E-state index contributed by atoms with van der Waals surface area (Å²) in [7, 11) is 1.80. The molecule has 9 nitrogen and oxygen atoms in total. The van der Waals surface area contributed by atoms with Gasteiger partial charge in [-0.05, 0) is 56.3 Å². The van der Waals surface area contributed by atoms with Gasteiger partial charge < -0.3 is 15.2 Å². The summed E-state index contributed by atoms with van der Waals surface area (Å²) in [5.41, 5.74) is 3.35. The summed E-state index contributed by atoms with van der Waals surface area (Å²) < 4.78 is 16.7. The third-order valence-corrected chi connectivity index (χ3v) is 6.38. The summed E-state index contributed by atoms with van der Waals surface area (Å²) in [6.45, 7) is 3.76. The molecule has 0 spiro atoms. The van der Waals surface area contributed by atoms with Crippen LogP contribution in [0.3, 0.4) is 0 Å². The Balaban J connectivity index is 1.38. The second-order valence-electron chi connectivity index (χ2n) is 7.91. The monoisotopic (exact) mass is 493 g/mol. The molecule has 2 N–H and O–H groups in total. The van der Waals surface area contributed by atoms with Gasteiger partial charge in [-0.15, -0.1) is 10.2 Å². The number of nitrogens with zero attached hydrogens (tertiary/aromatic N) is 5. The Morgan fingerprint density at radius 1 is 1.17 bits per heavy atom. The minimum absolute atomic E-state index is 0.164. The normalized spacial score (nSPS) is 11.8. The summed E-state index contributed by atoms with van der Waals surface area (Å²) >= 11 is 1.27. The van der Waals surface area contributed by atoms with Crippen LogP contribution in [0.1, 0.15) is 34.6 Å². The molecule has 11 heteroatoms. The number of hydrogen-bond acceptors (Lipinski definition) is 6. The van der Waals surface area contributed by atoms with Crippen LogP contribution < -0.4 is 10.6 Å². The Morgan fingerprint density at radius 2 is 1.94 bits per heavy atom. The van der Waals surface area contributed by atoms with Gasteiger partial charge in [-0.1, -0.05) is 17.8 Å². The molecule has 0 saturated carbocycles. The van der Waals surface area contributed by atoms with E-state index in [2.05, 4.69) is 25.9 Å². The number of halogens is 1. The molecule has 2 aromatic carbocycles. The third kappa shape index (κ3) is 5.75. The maximum Gasteiger partial charge on any atom is 0.251 e. The zero-order chi connectivity index (χ0) is 24.9. The van der Waals surface area contributed by atoms with Crippen molar-refractivity contribution in [2.24, 2.45) is 7.05 Å². The number of aromatic nitrogens is 5. The van der Waals surface area contributed by atoms with E-state index in [1.165, 1.54) is 23.9 Å². The number of thioether (sulfide) groups is 1. The first-order chi connectivity index (χ1) is 16.8. The van der Waals surface area contributed by atoms with Gasteiger partial charge in [0, 0.05) is 29.6 Å². The van der Waals surface area contributed by atoms with E-state index in [0.29, 0.717) is 16.4 Å². The van der Waals surface area contributed by atoms with Crippen molar-refractivity contribution in [3.8, 4) is 5.69 Å². The highest BCUT2D eigenvalue weighted by atomic mass is 32.2. The summed E-state index contributed by atoms with van der Waals surface area (Å²) in [5, 5.41) is 18.5. The van der Waals surface area contributed by atoms with Crippen LogP contribution in [0.4, 0.5) is 10.1 Å². The van der Waals surface area contributed by atoms with Crippen molar-refractivity contribution < 1.29 is 14.0 Å². The topological polar surface area (TPSA) is 107 Å². The molecule has 35 heavy (non-hydrogen) atoms. The number of rotatable bonds is 8. The Hall–Kier alpha value is -3.99. The zero-order valence-electron chi connectivity index (χ0n) is 19.4. The second kappa shape index (κ2) is 10.5.